The number of non-ortho nitro benzene ring substituents is 1. The van der Waals surface area contributed by atoms with E-state index in [2.05, 4.69) is 10.6 Å². The Morgan fingerprint density at radius 2 is 2.20 bits per heavy atom. The summed E-state index contributed by atoms with van der Waals surface area (Å²) in [4.78, 5) is 22.0. The number of phenolic OH excluding ortho intramolecular Hbond substituents is 1. The predicted octanol–water partition coefficient (Wildman–Crippen LogP) is 1.80. The van der Waals surface area contributed by atoms with Crippen molar-refractivity contribution in [2.75, 3.05) is 11.9 Å². The van der Waals surface area contributed by atoms with Gasteiger partial charge < -0.3 is 15.7 Å². The number of rotatable bonds is 3. The summed E-state index contributed by atoms with van der Waals surface area (Å²) in [5, 5.41) is 25.8. The van der Waals surface area contributed by atoms with E-state index in [-0.39, 0.29) is 41.5 Å². The van der Waals surface area contributed by atoms with E-state index in [9.17, 15) is 20.0 Å². The minimum Gasteiger partial charge on any atom is -0.506 e. The second-order valence-corrected chi connectivity index (χ2v) is 4.45. The average molecular weight is 302 g/mol. The Morgan fingerprint density at radius 3 is 2.80 bits per heavy atom. The Kier molecular flexibility index (Phi) is 5.72. The van der Waals surface area contributed by atoms with E-state index in [1.165, 1.54) is 12.1 Å². The van der Waals surface area contributed by atoms with Crippen molar-refractivity contribution >= 4 is 29.7 Å². The van der Waals surface area contributed by atoms with Gasteiger partial charge in [0.1, 0.15) is 5.75 Å². The van der Waals surface area contributed by atoms with Crippen LogP contribution in [0.4, 0.5) is 11.4 Å². The smallest absolute Gasteiger partial charge is 0.271 e. The summed E-state index contributed by atoms with van der Waals surface area (Å²) in [6, 6.07) is 3.22. The molecule has 110 valence electrons. The first-order chi connectivity index (χ1) is 9.08. The lowest BCUT2D eigenvalue weighted by Gasteiger charge is -2.22. The fraction of sp³-hybridized carbons (Fsp3) is 0.417. The van der Waals surface area contributed by atoms with Crippen molar-refractivity contribution < 1.29 is 14.8 Å². The number of hydrogen-bond donors (Lipinski definition) is 3. The van der Waals surface area contributed by atoms with Gasteiger partial charge in [-0.3, -0.25) is 14.9 Å². The Labute approximate surface area is 121 Å². The van der Waals surface area contributed by atoms with Gasteiger partial charge in [0, 0.05) is 12.1 Å². The Morgan fingerprint density at radius 1 is 1.45 bits per heavy atom. The third kappa shape index (κ3) is 3.82. The molecule has 1 fully saturated rings. The highest BCUT2D eigenvalue weighted by atomic mass is 35.5. The molecular weight excluding hydrogens is 286 g/mol. The molecule has 1 amide bonds. The number of amides is 1. The van der Waals surface area contributed by atoms with Crippen LogP contribution in [0.5, 0.6) is 5.75 Å². The van der Waals surface area contributed by atoms with Crippen molar-refractivity contribution in [2.24, 2.45) is 0 Å². The van der Waals surface area contributed by atoms with E-state index in [1.807, 2.05) is 0 Å². The van der Waals surface area contributed by atoms with Gasteiger partial charge >= 0.3 is 0 Å². The van der Waals surface area contributed by atoms with Crippen LogP contribution in [-0.4, -0.2) is 28.5 Å². The highest BCUT2D eigenvalue weighted by molar-refractivity contribution is 5.96. The highest BCUT2D eigenvalue weighted by Crippen LogP contribution is 2.28. The quantitative estimate of drug-likeness (QED) is 0.448. The number of halogens is 1. The minimum atomic E-state index is -0.575. The van der Waals surface area contributed by atoms with Gasteiger partial charge in [-0.05, 0) is 25.5 Å². The van der Waals surface area contributed by atoms with E-state index >= 15 is 0 Å². The molecule has 20 heavy (non-hydrogen) atoms. The summed E-state index contributed by atoms with van der Waals surface area (Å²) in [6.07, 6.45) is 2.72. The molecule has 0 spiro atoms. The molecule has 0 aromatic heterocycles. The number of piperidine rings is 1. The number of nitro groups is 1. The molecule has 0 radical (unpaired) electrons. The van der Waals surface area contributed by atoms with Crippen LogP contribution in [0.25, 0.3) is 0 Å². The third-order valence-electron chi connectivity index (χ3n) is 3.08. The Hall–Kier alpha value is -1.86. The van der Waals surface area contributed by atoms with Gasteiger partial charge in [0.25, 0.3) is 5.69 Å². The molecule has 1 atom stereocenters. The molecule has 1 aliphatic heterocycles. The lowest BCUT2D eigenvalue weighted by molar-refractivity contribution is -0.384. The molecule has 0 aliphatic carbocycles. The van der Waals surface area contributed by atoms with Crippen molar-refractivity contribution in [1.82, 2.24) is 5.32 Å². The molecular formula is C12H16ClN3O4. The summed E-state index contributed by atoms with van der Waals surface area (Å²) in [5.41, 5.74) is -0.115. The van der Waals surface area contributed by atoms with Gasteiger partial charge in [-0.15, -0.1) is 12.4 Å². The summed E-state index contributed by atoms with van der Waals surface area (Å²) in [6.45, 7) is 0.777. The monoisotopic (exact) mass is 301 g/mol. The largest absolute Gasteiger partial charge is 0.506 e. The normalized spacial score (nSPS) is 17.9. The standard InChI is InChI=1S/C12H15N3O4.ClH/c16-11-5-4-8(15(18)19)7-10(11)14-12(17)9-3-1-2-6-13-9;/h4-5,7,9,13,16H,1-3,6H2,(H,14,17);1H/t9-;/m0./s1. The zero-order valence-electron chi connectivity index (χ0n) is 10.7. The maximum Gasteiger partial charge on any atom is 0.271 e. The van der Waals surface area contributed by atoms with Crippen molar-refractivity contribution in [3.63, 3.8) is 0 Å². The number of benzene rings is 1. The number of carbonyl (C=O) groups excluding carboxylic acids is 1. The van der Waals surface area contributed by atoms with E-state index < -0.39 is 4.92 Å². The maximum atomic E-state index is 11.9. The van der Waals surface area contributed by atoms with Crippen LogP contribution in [0.3, 0.4) is 0 Å². The van der Waals surface area contributed by atoms with E-state index in [1.54, 1.807) is 0 Å². The van der Waals surface area contributed by atoms with Crippen LogP contribution < -0.4 is 10.6 Å². The molecule has 1 aromatic rings. The number of phenols is 1. The van der Waals surface area contributed by atoms with Crippen LogP contribution in [-0.2, 0) is 4.79 Å². The van der Waals surface area contributed by atoms with Crippen LogP contribution in [0.2, 0.25) is 0 Å². The van der Waals surface area contributed by atoms with Gasteiger partial charge in [0.05, 0.1) is 16.7 Å². The molecule has 0 unspecified atom stereocenters. The number of nitrogens with zero attached hydrogens (tertiary/aromatic N) is 1. The van der Waals surface area contributed by atoms with Gasteiger partial charge in [0.2, 0.25) is 5.91 Å². The van der Waals surface area contributed by atoms with Crippen LogP contribution in [0, 0.1) is 10.1 Å². The molecule has 7 nitrogen and oxygen atoms in total. The molecule has 1 saturated heterocycles. The van der Waals surface area contributed by atoms with E-state index in [4.69, 9.17) is 0 Å². The summed E-state index contributed by atoms with van der Waals surface area (Å²) >= 11 is 0. The third-order valence-corrected chi connectivity index (χ3v) is 3.08. The Balaban J connectivity index is 0.00000200. The molecule has 2 rings (SSSR count). The first-order valence-corrected chi connectivity index (χ1v) is 6.09. The van der Waals surface area contributed by atoms with Crippen molar-refractivity contribution in [2.45, 2.75) is 25.3 Å². The van der Waals surface area contributed by atoms with E-state index in [0.717, 1.165) is 31.9 Å². The number of nitro benzene ring substituents is 1. The van der Waals surface area contributed by atoms with E-state index in [0.29, 0.717) is 0 Å². The van der Waals surface area contributed by atoms with Crippen molar-refractivity contribution in [3.8, 4) is 5.75 Å². The van der Waals surface area contributed by atoms with Gasteiger partial charge in [0.15, 0.2) is 0 Å². The number of carbonyl (C=O) groups is 1. The predicted molar refractivity (Wildman–Crippen MR) is 76.3 cm³/mol. The second kappa shape index (κ2) is 7.06. The summed E-state index contributed by atoms with van der Waals surface area (Å²) < 4.78 is 0. The SMILES string of the molecule is Cl.O=C(Nc1cc([N+](=O)[O-])ccc1O)[C@@H]1CCCCN1. The first kappa shape index (κ1) is 16.2. The Bertz CT molecular complexity index is 503. The van der Waals surface area contributed by atoms with Gasteiger partial charge in [-0.1, -0.05) is 6.42 Å². The number of hydrogen-bond acceptors (Lipinski definition) is 5. The first-order valence-electron chi connectivity index (χ1n) is 6.09. The molecule has 1 heterocycles. The number of nitrogens with one attached hydrogen (secondary N) is 2. The summed E-state index contributed by atoms with van der Waals surface area (Å²) in [7, 11) is 0. The fourth-order valence-electron chi connectivity index (χ4n) is 2.03. The molecule has 0 bridgehead atoms. The van der Waals surface area contributed by atoms with Gasteiger partial charge in [-0.2, -0.15) is 0 Å². The van der Waals surface area contributed by atoms with Crippen LogP contribution >= 0.6 is 12.4 Å². The zero-order valence-corrected chi connectivity index (χ0v) is 11.5. The molecule has 8 heteroatoms. The average Bonchev–Trinajstić information content (AvgIpc) is 2.42. The highest BCUT2D eigenvalue weighted by Gasteiger charge is 2.22. The lowest BCUT2D eigenvalue weighted by Crippen LogP contribution is -2.43. The summed E-state index contributed by atoms with van der Waals surface area (Å²) in [5.74, 6) is -0.467. The van der Waals surface area contributed by atoms with Gasteiger partial charge in [-0.25, -0.2) is 0 Å². The van der Waals surface area contributed by atoms with Crippen LogP contribution in [0.1, 0.15) is 19.3 Å². The molecule has 0 saturated carbocycles. The second-order valence-electron chi connectivity index (χ2n) is 4.45. The molecule has 3 N–H and O–H groups in total. The fourth-order valence-corrected chi connectivity index (χ4v) is 2.03. The maximum absolute atomic E-state index is 11.9. The zero-order chi connectivity index (χ0) is 13.8. The molecule has 1 aromatic carbocycles. The molecule has 1 aliphatic rings. The number of anilines is 1. The topological polar surface area (TPSA) is 104 Å². The lowest BCUT2D eigenvalue weighted by atomic mass is 10.0. The minimum absolute atomic E-state index is 0. The number of aromatic hydroxyl groups is 1. The van der Waals surface area contributed by atoms with Crippen molar-refractivity contribution in [3.05, 3.63) is 28.3 Å². The van der Waals surface area contributed by atoms with Crippen LogP contribution in [0.15, 0.2) is 18.2 Å². The van der Waals surface area contributed by atoms with Crippen molar-refractivity contribution in [1.29, 1.82) is 0 Å².